The number of benzene rings is 1. The third-order valence-electron chi connectivity index (χ3n) is 3.46. The summed E-state index contributed by atoms with van der Waals surface area (Å²) < 4.78 is 1.94. The fourth-order valence-electron chi connectivity index (χ4n) is 2.33. The van der Waals surface area contributed by atoms with E-state index >= 15 is 0 Å². The molecular weight excluding hydrogens is 254 g/mol. The molecule has 19 heavy (non-hydrogen) atoms. The van der Waals surface area contributed by atoms with Crippen LogP contribution in [-0.4, -0.2) is 27.3 Å². The Labute approximate surface area is 118 Å². The van der Waals surface area contributed by atoms with E-state index in [1.165, 1.54) is 24.3 Å². The SMILES string of the molecule is c1ccc(-n2ccc(CNC3CCSCC3)n2)cc1. The molecule has 2 heterocycles. The molecule has 0 amide bonds. The van der Waals surface area contributed by atoms with Crippen LogP contribution in [0.5, 0.6) is 0 Å². The molecule has 0 unspecified atom stereocenters. The molecule has 1 aromatic heterocycles. The second-order valence-electron chi connectivity index (χ2n) is 4.85. The number of rotatable bonds is 4. The van der Waals surface area contributed by atoms with Gasteiger partial charge in [-0.2, -0.15) is 16.9 Å². The number of hydrogen-bond acceptors (Lipinski definition) is 3. The minimum atomic E-state index is 0.670. The lowest BCUT2D eigenvalue weighted by Crippen LogP contribution is -2.32. The van der Waals surface area contributed by atoms with Crippen LogP contribution in [0.1, 0.15) is 18.5 Å². The lowest BCUT2D eigenvalue weighted by atomic mass is 10.1. The predicted molar refractivity (Wildman–Crippen MR) is 80.8 cm³/mol. The summed E-state index contributed by atoms with van der Waals surface area (Å²) in [6.45, 7) is 0.870. The summed E-state index contributed by atoms with van der Waals surface area (Å²) in [5.74, 6) is 2.58. The summed E-state index contributed by atoms with van der Waals surface area (Å²) in [7, 11) is 0. The van der Waals surface area contributed by atoms with E-state index in [-0.39, 0.29) is 0 Å². The standard InChI is InChI=1S/C15H19N3S/c1-2-4-15(5-3-1)18-9-6-14(17-18)12-16-13-7-10-19-11-8-13/h1-6,9,13,16H,7-8,10-12H2. The van der Waals surface area contributed by atoms with E-state index in [0.29, 0.717) is 6.04 Å². The van der Waals surface area contributed by atoms with Gasteiger partial charge in [-0.3, -0.25) is 0 Å². The Morgan fingerprint density at radius 1 is 1.16 bits per heavy atom. The van der Waals surface area contributed by atoms with Crippen molar-refractivity contribution >= 4 is 11.8 Å². The van der Waals surface area contributed by atoms with Gasteiger partial charge < -0.3 is 5.32 Å². The maximum atomic E-state index is 4.61. The zero-order valence-corrected chi connectivity index (χ0v) is 11.8. The Morgan fingerprint density at radius 2 is 1.95 bits per heavy atom. The van der Waals surface area contributed by atoms with Crippen LogP contribution in [0.15, 0.2) is 42.6 Å². The molecule has 1 saturated heterocycles. The van der Waals surface area contributed by atoms with Gasteiger partial charge in [-0.05, 0) is 42.5 Å². The van der Waals surface area contributed by atoms with Crippen LogP contribution < -0.4 is 5.32 Å². The quantitative estimate of drug-likeness (QED) is 0.929. The molecule has 4 heteroatoms. The summed E-state index contributed by atoms with van der Waals surface area (Å²) in [4.78, 5) is 0. The van der Waals surface area contributed by atoms with E-state index in [1.807, 2.05) is 29.1 Å². The maximum Gasteiger partial charge on any atom is 0.0766 e. The smallest absolute Gasteiger partial charge is 0.0766 e. The monoisotopic (exact) mass is 273 g/mol. The Hall–Kier alpha value is -1.26. The van der Waals surface area contributed by atoms with Crippen molar-refractivity contribution in [2.45, 2.75) is 25.4 Å². The Morgan fingerprint density at radius 3 is 2.74 bits per heavy atom. The second-order valence-corrected chi connectivity index (χ2v) is 6.08. The van der Waals surface area contributed by atoms with Crippen molar-refractivity contribution in [2.75, 3.05) is 11.5 Å². The number of hydrogen-bond donors (Lipinski definition) is 1. The van der Waals surface area contributed by atoms with Gasteiger partial charge in [-0.25, -0.2) is 4.68 Å². The number of aromatic nitrogens is 2. The van der Waals surface area contributed by atoms with Crippen molar-refractivity contribution in [1.82, 2.24) is 15.1 Å². The average molecular weight is 273 g/mol. The van der Waals surface area contributed by atoms with E-state index in [4.69, 9.17) is 0 Å². The normalized spacial score (nSPS) is 16.6. The molecular formula is C15H19N3S. The van der Waals surface area contributed by atoms with Crippen molar-refractivity contribution in [3.05, 3.63) is 48.3 Å². The van der Waals surface area contributed by atoms with Crippen LogP contribution >= 0.6 is 11.8 Å². The third kappa shape index (κ3) is 3.39. The largest absolute Gasteiger partial charge is 0.308 e. The van der Waals surface area contributed by atoms with E-state index in [2.05, 4.69) is 40.4 Å². The molecule has 1 aliphatic heterocycles. The molecule has 2 aromatic rings. The van der Waals surface area contributed by atoms with Crippen LogP contribution in [0, 0.1) is 0 Å². The number of para-hydroxylation sites is 1. The van der Waals surface area contributed by atoms with Gasteiger partial charge in [-0.15, -0.1) is 0 Å². The van der Waals surface area contributed by atoms with Crippen molar-refractivity contribution < 1.29 is 0 Å². The van der Waals surface area contributed by atoms with Crippen LogP contribution in [0.25, 0.3) is 5.69 Å². The molecule has 0 aliphatic carbocycles. The molecule has 0 atom stereocenters. The first kappa shape index (κ1) is 12.8. The average Bonchev–Trinajstić information content (AvgIpc) is 2.96. The fourth-order valence-corrected chi connectivity index (χ4v) is 3.44. The first-order chi connectivity index (χ1) is 9.42. The van der Waals surface area contributed by atoms with E-state index in [1.54, 1.807) is 0 Å². The van der Waals surface area contributed by atoms with Crippen molar-refractivity contribution in [2.24, 2.45) is 0 Å². The van der Waals surface area contributed by atoms with Crippen molar-refractivity contribution in [1.29, 1.82) is 0 Å². The molecule has 0 radical (unpaired) electrons. The topological polar surface area (TPSA) is 29.9 Å². The molecule has 0 spiro atoms. The first-order valence-electron chi connectivity index (χ1n) is 6.83. The molecule has 100 valence electrons. The van der Waals surface area contributed by atoms with Gasteiger partial charge in [0.05, 0.1) is 11.4 Å². The van der Waals surface area contributed by atoms with Crippen LogP contribution in [0.4, 0.5) is 0 Å². The Kier molecular flexibility index (Phi) is 4.20. The molecule has 1 aliphatic rings. The highest BCUT2D eigenvalue weighted by Gasteiger charge is 2.13. The summed E-state index contributed by atoms with van der Waals surface area (Å²) in [5.41, 5.74) is 2.23. The number of nitrogens with one attached hydrogen (secondary N) is 1. The molecule has 0 saturated carbocycles. The highest BCUT2D eigenvalue weighted by Crippen LogP contribution is 2.17. The van der Waals surface area contributed by atoms with Crippen LogP contribution in [-0.2, 0) is 6.54 Å². The van der Waals surface area contributed by atoms with E-state index in [9.17, 15) is 0 Å². The van der Waals surface area contributed by atoms with Gasteiger partial charge in [0, 0.05) is 18.8 Å². The molecule has 1 fully saturated rings. The van der Waals surface area contributed by atoms with E-state index in [0.717, 1.165) is 17.9 Å². The molecule has 3 nitrogen and oxygen atoms in total. The van der Waals surface area contributed by atoms with Gasteiger partial charge in [0.1, 0.15) is 0 Å². The van der Waals surface area contributed by atoms with Gasteiger partial charge in [-0.1, -0.05) is 18.2 Å². The fraction of sp³-hybridized carbons (Fsp3) is 0.400. The van der Waals surface area contributed by atoms with Gasteiger partial charge in [0.25, 0.3) is 0 Å². The van der Waals surface area contributed by atoms with Crippen LogP contribution in [0.3, 0.4) is 0 Å². The molecule has 1 aromatic carbocycles. The Balaban J connectivity index is 1.59. The Bertz CT molecular complexity index is 503. The minimum Gasteiger partial charge on any atom is -0.308 e. The molecule has 1 N–H and O–H groups in total. The van der Waals surface area contributed by atoms with Gasteiger partial charge in [0.2, 0.25) is 0 Å². The molecule has 0 bridgehead atoms. The van der Waals surface area contributed by atoms with Crippen molar-refractivity contribution in [3.8, 4) is 5.69 Å². The summed E-state index contributed by atoms with van der Waals surface area (Å²) in [6, 6.07) is 13.0. The number of thioether (sulfide) groups is 1. The third-order valence-corrected chi connectivity index (χ3v) is 4.51. The van der Waals surface area contributed by atoms with Gasteiger partial charge in [0.15, 0.2) is 0 Å². The van der Waals surface area contributed by atoms with Crippen LogP contribution in [0.2, 0.25) is 0 Å². The molecule has 3 rings (SSSR count). The summed E-state index contributed by atoms with van der Waals surface area (Å²) in [5, 5.41) is 8.23. The maximum absolute atomic E-state index is 4.61. The zero-order valence-electron chi connectivity index (χ0n) is 11.0. The van der Waals surface area contributed by atoms with Crippen molar-refractivity contribution in [3.63, 3.8) is 0 Å². The minimum absolute atomic E-state index is 0.670. The van der Waals surface area contributed by atoms with Gasteiger partial charge >= 0.3 is 0 Å². The predicted octanol–water partition coefficient (Wildman–Crippen LogP) is 2.86. The highest BCUT2D eigenvalue weighted by atomic mass is 32.2. The lowest BCUT2D eigenvalue weighted by molar-refractivity contribution is 0.477. The first-order valence-corrected chi connectivity index (χ1v) is 7.98. The summed E-state index contributed by atoms with van der Waals surface area (Å²) in [6.07, 6.45) is 4.59. The second kappa shape index (κ2) is 6.26. The zero-order chi connectivity index (χ0) is 12.9. The number of nitrogens with zero attached hydrogens (tertiary/aromatic N) is 2. The summed E-state index contributed by atoms with van der Waals surface area (Å²) >= 11 is 2.06. The lowest BCUT2D eigenvalue weighted by Gasteiger charge is -2.22. The van der Waals surface area contributed by atoms with E-state index < -0.39 is 0 Å². The highest BCUT2D eigenvalue weighted by molar-refractivity contribution is 7.99.